The number of carbonyl (C=O) groups is 2. The largest absolute Gasteiger partial charge is 0.369 e. The van der Waals surface area contributed by atoms with Crippen LogP contribution in [0.5, 0.6) is 0 Å². The Labute approximate surface area is 235 Å². The first-order valence-corrected chi connectivity index (χ1v) is 13.5. The van der Waals surface area contributed by atoms with Crippen LogP contribution in [0.4, 0.5) is 26.2 Å². The molecule has 3 rings (SSSR count). The molecule has 10 heteroatoms. The van der Waals surface area contributed by atoms with E-state index in [0.29, 0.717) is 43.0 Å². The fraction of sp³-hybridized carbons (Fsp3) is 0.467. The number of likely N-dealkylation sites (N-methyl/N-ethyl adjacent to an activating group) is 2. The van der Waals surface area contributed by atoms with E-state index in [9.17, 15) is 18.4 Å². The van der Waals surface area contributed by atoms with Crippen molar-refractivity contribution in [1.29, 1.82) is 0 Å². The lowest BCUT2D eigenvalue weighted by Crippen LogP contribution is -2.41. The number of anilines is 3. The summed E-state index contributed by atoms with van der Waals surface area (Å²) in [6, 6.07) is 5.48. The molecule has 8 nitrogen and oxygen atoms in total. The molecule has 1 aromatic carbocycles. The number of hydrogen-bond donors (Lipinski definition) is 2. The molecule has 0 saturated heterocycles. The predicted molar refractivity (Wildman–Crippen MR) is 153 cm³/mol. The standard InChI is InChI=1S/C30H38F2N6O2/c1-21(38(4)28(40)10-6-15-37(2)3)27(39)18-23-16-22(17-23)11-12-24-20-34-30(36-29(24)33-14-7-13-31)35-26-9-5-8-25(32)19-26/h5-6,8-10,19-23H,7,13-18H2,1-4H3,(H2,33,34,35,36)/b10-6+/t21-,22?,23?/m0/s1. The molecule has 0 unspecified atom stereocenters. The number of benzene rings is 1. The molecule has 2 N–H and O–H groups in total. The summed E-state index contributed by atoms with van der Waals surface area (Å²) in [4.78, 5) is 37.3. The number of nitrogens with one attached hydrogen (secondary N) is 2. The van der Waals surface area contributed by atoms with Gasteiger partial charge in [-0.05, 0) is 64.4 Å². The van der Waals surface area contributed by atoms with Gasteiger partial charge >= 0.3 is 0 Å². The van der Waals surface area contributed by atoms with E-state index in [1.165, 1.54) is 23.1 Å². The quantitative estimate of drug-likeness (QED) is 0.216. The molecule has 1 aromatic heterocycles. The molecule has 0 aliphatic heterocycles. The van der Waals surface area contributed by atoms with E-state index in [2.05, 4.69) is 32.4 Å². The molecule has 2 aromatic rings. The Morgan fingerprint density at radius 1 is 1.25 bits per heavy atom. The van der Waals surface area contributed by atoms with Gasteiger partial charge in [-0.1, -0.05) is 24.0 Å². The average Bonchev–Trinajstić information content (AvgIpc) is 2.89. The highest BCUT2D eigenvalue weighted by molar-refractivity contribution is 5.93. The lowest BCUT2D eigenvalue weighted by molar-refractivity contribution is -0.134. The second-order valence-corrected chi connectivity index (χ2v) is 10.3. The lowest BCUT2D eigenvalue weighted by atomic mass is 9.72. The number of ketones is 1. The molecule has 40 heavy (non-hydrogen) atoms. The molecule has 1 heterocycles. The van der Waals surface area contributed by atoms with E-state index >= 15 is 0 Å². The van der Waals surface area contributed by atoms with Crippen molar-refractivity contribution < 1.29 is 18.4 Å². The SMILES string of the molecule is C[C@@H](C(=O)CC1CC(C#Cc2cnc(Nc3cccc(F)c3)nc2NCCCF)C1)N(C)C(=O)/C=C/CN(C)C. The third-order valence-electron chi connectivity index (χ3n) is 6.73. The molecule has 1 saturated carbocycles. The highest BCUT2D eigenvalue weighted by Crippen LogP contribution is 2.36. The first kappa shape index (κ1) is 30.7. The van der Waals surface area contributed by atoms with Gasteiger partial charge in [0.2, 0.25) is 11.9 Å². The molecule has 1 aliphatic rings. The van der Waals surface area contributed by atoms with Crippen molar-refractivity contribution >= 4 is 29.1 Å². The topological polar surface area (TPSA) is 90.5 Å². The number of amides is 1. The maximum absolute atomic E-state index is 13.5. The summed E-state index contributed by atoms with van der Waals surface area (Å²) >= 11 is 0. The monoisotopic (exact) mass is 552 g/mol. The summed E-state index contributed by atoms with van der Waals surface area (Å²) in [6.45, 7) is 2.35. The second kappa shape index (κ2) is 15.1. The summed E-state index contributed by atoms with van der Waals surface area (Å²) in [5.74, 6) is 6.98. The third-order valence-corrected chi connectivity index (χ3v) is 6.73. The van der Waals surface area contributed by atoms with Gasteiger partial charge in [-0.15, -0.1) is 0 Å². The van der Waals surface area contributed by atoms with Crippen LogP contribution in [-0.4, -0.2) is 78.4 Å². The second-order valence-electron chi connectivity index (χ2n) is 10.3. The summed E-state index contributed by atoms with van der Waals surface area (Å²) in [5, 5.41) is 6.07. The van der Waals surface area contributed by atoms with Crippen LogP contribution in [-0.2, 0) is 9.59 Å². The van der Waals surface area contributed by atoms with Crippen molar-refractivity contribution in [1.82, 2.24) is 19.8 Å². The molecule has 214 valence electrons. The minimum atomic E-state index is -0.490. The summed E-state index contributed by atoms with van der Waals surface area (Å²) in [6.07, 6.45) is 7.22. The van der Waals surface area contributed by atoms with E-state index in [1.807, 2.05) is 19.0 Å². The van der Waals surface area contributed by atoms with Crippen molar-refractivity contribution in [2.45, 2.75) is 38.6 Å². The molecule has 0 bridgehead atoms. The number of Topliss-reactive ketones (excluding diaryl/α,β-unsaturated/α-hetero) is 1. The summed E-state index contributed by atoms with van der Waals surface area (Å²) < 4.78 is 26.2. The maximum atomic E-state index is 13.5. The number of aromatic nitrogens is 2. The van der Waals surface area contributed by atoms with Gasteiger partial charge in [0, 0.05) is 44.2 Å². The smallest absolute Gasteiger partial charge is 0.246 e. The lowest BCUT2D eigenvalue weighted by Gasteiger charge is -2.33. The molecule has 1 atom stereocenters. The van der Waals surface area contributed by atoms with E-state index in [-0.39, 0.29) is 35.3 Å². The van der Waals surface area contributed by atoms with Crippen LogP contribution in [0, 0.1) is 29.5 Å². The Bertz CT molecular complexity index is 1250. The number of rotatable bonds is 13. The maximum Gasteiger partial charge on any atom is 0.246 e. The zero-order valence-corrected chi connectivity index (χ0v) is 23.6. The van der Waals surface area contributed by atoms with E-state index < -0.39 is 12.7 Å². The number of hydrogen-bond acceptors (Lipinski definition) is 7. The zero-order chi connectivity index (χ0) is 29.1. The van der Waals surface area contributed by atoms with Crippen LogP contribution in [0.25, 0.3) is 0 Å². The molecular formula is C30H38F2N6O2. The first-order chi connectivity index (χ1) is 19.2. The van der Waals surface area contributed by atoms with E-state index in [0.717, 1.165) is 12.8 Å². The highest BCUT2D eigenvalue weighted by Gasteiger charge is 2.32. The zero-order valence-electron chi connectivity index (χ0n) is 23.6. The Morgan fingerprint density at radius 2 is 2.02 bits per heavy atom. The molecule has 1 fully saturated rings. The van der Waals surface area contributed by atoms with Gasteiger partial charge in [0.05, 0.1) is 24.5 Å². The Kier molecular flexibility index (Phi) is 11.6. The van der Waals surface area contributed by atoms with Crippen LogP contribution in [0.3, 0.4) is 0 Å². The number of carbonyl (C=O) groups excluding carboxylic acids is 2. The predicted octanol–water partition coefficient (Wildman–Crippen LogP) is 4.43. The van der Waals surface area contributed by atoms with Gasteiger partial charge in [-0.3, -0.25) is 14.0 Å². The van der Waals surface area contributed by atoms with Crippen molar-refractivity contribution in [3.63, 3.8) is 0 Å². The van der Waals surface area contributed by atoms with Crippen LogP contribution in [0.2, 0.25) is 0 Å². The highest BCUT2D eigenvalue weighted by atomic mass is 19.1. The van der Waals surface area contributed by atoms with Gasteiger partial charge in [-0.25, -0.2) is 9.37 Å². The van der Waals surface area contributed by atoms with Gasteiger partial charge in [-0.2, -0.15) is 4.98 Å². The normalized spacial score (nSPS) is 17.1. The first-order valence-electron chi connectivity index (χ1n) is 13.5. The summed E-state index contributed by atoms with van der Waals surface area (Å²) in [7, 11) is 5.49. The molecule has 0 radical (unpaired) electrons. The Morgan fingerprint density at radius 3 is 2.73 bits per heavy atom. The molecule has 1 amide bonds. The molecular weight excluding hydrogens is 514 g/mol. The van der Waals surface area contributed by atoms with E-state index in [1.54, 1.807) is 38.4 Å². The van der Waals surface area contributed by atoms with Gasteiger partial charge < -0.3 is 20.4 Å². The van der Waals surface area contributed by atoms with Crippen LogP contribution in [0.15, 0.2) is 42.6 Å². The van der Waals surface area contributed by atoms with E-state index in [4.69, 9.17) is 0 Å². The number of nitrogens with zero attached hydrogens (tertiary/aromatic N) is 4. The van der Waals surface area contributed by atoms with Crippen molar-refractivity contribution in [2.24, 2.45) is 11.8 Å². The minimum Gasteiger partial charge on any atom is -0.369 e. The van der Waals surface area contributed by atoms with Crippen molar-refractivity contribution in [2.75, 3.05) is 51.5 Å². The average molecular weight is 553 g/mol. The fourth-order valence-electron chi connectivity index (χ4n) is 4.18. The van der Waals surface area contributed by atoms with Crippen molar-refractivity contribution in [3.05, 3.63) is 54.0 Å². The van der Waals surface area contributed by atoms with Gasteiger partial charge in [0.15, 0.2) is 5.78 Å². The van der Waals surface area contributed by atoms with Gasteiger partial charge in [0.1, 0.15) is 11.6 Å². The minimum absolute atomic E-state index is 0.0439. The fourth-order valence-corrected chi connectivity index (χ4v) is 4.18. The van der Waals surface area contributed by atoms with Crippen LogP contribution in [0.1, 0.15) is 38.2 Å². The molecule has 0 spiro atoms. The molecule has 1 aliphatic carbocycles. The van der Waals surface area contributed by atoms with Gasteiger partial charge in [0.25, 0.3) is 0 Å². The summed E-state index contributed by atoms with van der Waals surface area (Å²) in [5.41, 5.74) is 1.09. The Hall–Kier alpha value is -3.84. The number of halogens is 2. The third kappa shape index (κ3) is 9.42. The van der Waals surface area contributed by atoms with Crippen molar-refractivity contribution in [3.8, 4) is 11.8 Å². The van der Waals surface area contributed by atoms with Crippen LogP contribution < -0.4 is 10.6 Å². The number of alkyl halides is 1. The Balaban J connectivity index is 1.55. The van der Waals surface area contributed by atoms with Crippen LogP contribution >= 0.6 is 0 Å².